The topological polar surface area (TPSA) is 43.1 Å². The second-order valence-corrected chi connectivity index (χ2v) is 3.74. The maximum absolute atomic E-state index is 11.7. The van der Waals surface area contributed by atoms with Crippen molar-refractivity contribution in [2.45, 2.75) is 33.1 Å². The average molecular weight is 191 g/mol. The molecule has 0 saturated heterocycles. The van der Waals surface area contributed by atoms with Crippen LogP contribution < -0.4 is 5.73 Å². The highest BCUT2D eigenvalue weighted by atomic mass is 16.1. The van der Waals surface area contributed by atoms with Crippen LogP contribution in [0.15, 0.2) is 18.2 Å². The minimum Gasteiger partial charge on any atom is -0.398 e. The number of ketones is 1. The van der Waals surface area contributed by atoms with Crippen LogP contribution in [0.1, 0.15) is 49.0 Å². The van der Waals surface area contributed by atoms with Crippen LogP contribution in [0.5, 0.6) is 0 Å². The molecule has 1 rings (SSSR count). The van der Waals surface area contributed by atoms with E-state index < -0.39 is 0 Å². The summed E-state index contributed by atoms with van der Waals surface area (Å²) in [5, 5.41) is 0. The van der Waals surface area contributed by atoms with Gasteiger partial charge in [0.25, 0.3) is 0 Å². The lowest BCUT2D eigenvalue weighted by Crippen LogP contribution is -2.07. The molecule has 0 spiro atoms. The van der Waals surface area contributed by atoms with Crippen LogP contribution in [0.3, 0.4) is 0 Å². The number of nitrogens with two attached hydrogens (primary N) is 1. The predicted molar refractivity (Wildman–Crippen MR) is 59.6 cm³/mol. The largest absolute Gasteiger partial charge is 0.398 e. The Kier molecular flexibility index (Phi) is 3.28. The molecule has 0 aliphatic heterocycles. The second-order valence-electron chi connectivity index (χ2n) is 3.74. The Labute approximate surface area is 85.1 Å². The summed E-state index contributed by atoms with van der Waals surface area (Å²) in [4.78, 5) is 11.7. The minimum atomic E-state index is 0.131. The molecule has 0 amide bonds. The molecule has 0 aliphatic carbocycles. The van der Waals surface area contributed by atoms with E-state index in [9.17, 15) is 4.79 Å². The van der Waals surface area contributed by atoms with E-state index in [0.29, 0.717) is 23.6 Å². The maximum Gasteiger partial charge on any atom is 0.164 e. The number of carbonyl (C=O) groups excluding carboxylic acids is 1. The number of hydrogen-bond donors (Lipinski definition) is 1. The minimum absolute atomic E-state index is 0.131. The fourth-order valence-electron chi connectivity index (χ4n) is 1.57. The van der Waals surface area contributed by atoms with Gasteiger partial charge in [-0.2, -0.15) is 0 Å². The normalized spacial score (nSPS) is 10.6. The third kappa shape index (κ3) is 1.95. The summed E-state index contributed by atoms with van der Waals surface area (Å²) in [6.45, 7) is 6.00. The van der Waals surface area contributed by atoms with Gasteiger partial charge in [0.05, 0.1) is 0 Å². The van der Waals surface area contributed by atoms with Crippen molar-refractivity contribution in [3.05, 3.63) is 29.3 Å². The Morgan fingerprint density at radius 3 is 2.57 bits per heavy atom. The predicted octanol–water partition coefficient (Wildman–Crippen LogP) is 2.98. The highest BCUT2D eigenvalue weighted by Crippen LogP contribution is 2.25. The van der Waals surface area contributed by atoms with E-state index in [0.717, 1.165) is 5.56 Å². The number of rotatable bonds is 3. The van der Waals surface area contributed by atoms with Crippen LogP contribution in [0, 0.1) is 0 Å². The van der Waals surface area contributed by atoms with Crippen molar-refractivity contribution in [3.8, 4) is 0 Å². The van der Waals surface area contributed by atoms with Crippen LogP contribution in [0.25, 0.3) is 0 Å². The van der Waals surface area contributed by atoms with Crippen molar-refractivity contribution in [2.24, 2.45) is 0 Å². The number of nitrogen functional groups attached to an aromatic ring is 1. The van der Waals surface area contributed by atoms with Gasteiger partial charge in [0, 0.05) is 17.7 Å². The summed E-state index contributed by atoms with van der Waals surface area (Å²) in [5.74, 6) is 0.468. The Morgan fingerprint density at radius 1 is 1.43 bits per heavy atom. The summed E-state index contributed by atoms with van der Waals surface area (Å²) in [5.41, 5.74) is 8.18. The van der Waals surface area contributed by atoms with Gasteiger partial charge in [-0.25, -0.2) is 0 Å². The van der Waals surface area contributed by atoms with Crippen molar-refractivity contribution >= 4 is 11.5 Å². The first-order valence-electron chi connectivity index (χ1n) is 4.99. The highest BCUT2D eigenvalue weighted by molar-refractivity contribution is 6.02. The van der Waals surface area contributed by atoms with Crippen LogP contribution in [-0.2, 0) is 0 Å². The van der Waals surface area contributed by atoms with Crippen molar-refractivity contribution < 1.29 is 4.79 Å². The van der Waals surface area contributed by atoms with Gasteiger partial charge in [0.15, 0.2) is 5.78 Å². The van der Waals surface area contributed by atoms with Gasteiger partial charge in [-0.1, -0.05) is 32.9 Å². The maximum atomic E-state index is 11.7. The molecule has 0 unspecified atom stereocenters. The quantitative estimate of drug-likeness (QED) is 0.589. The monoisotopic (exact) mass is 191 g/mol. The smallest absolute Gasteiger partial charge is 0.164 e. The van der Waals surface area contributed by atoms with E-state index in [2.05, 4.69) is 13.8 Å². The fraction of sp³-hybridized carbons (Fsp3) is 0.417. The first-order chi connectivity index (χ1) is 6.57. The SMILES string of the molecule is CCC(=O)c1c(N)cccc1C(C)C. The van der Waals surface area contributed by atoms with Crippen molar-refractivity contribution in [1.82, 2.24) is 0 Å². The molecular weight excluding hydrogens is 174 g/mol. The van der Waals surface area contributed by atoms with Gasteiger partial charge >= 0.3 is 0 Å². The molecule has 1 aromatic rings. The molecule has 0 saturated carbocycles. The Balaban J connectivity index is 3.29. The molecule has 0 aromatic heterocycles. The van der Waals surface area contributed by atoms with E-state index in [-0.39, 0.29) is 5.78 Å². The zero-order chi connectivity index (χ0) is 10.7. The summed E-state index contributed by atoms with van der Waals surface area (Å²) >= 11 is 0. The molecule has 0 radical (unpaired) electrons. The van der Waals surface area contributed by atoms with Gasteiger partial charge < -0.3 is 5.73 Å². The molecular formula is C12H17NO. The average Bonchev–Trinajstić information content (AvgIpc) is 2.16. The first-order valence-corrected chi connectivity index (χ1v) is 4.99. The molecule has 2 nitrogen and oxygen atoms in total. The van der Waals surface area contributed by atoms with Gasteiger partial charge in [-0.05, 0) is 17.5 Å². The zero-order valence-corrected chi connectivity index (χ0v) is 9.00. The summed E-state index contributed by atoms with van der Waals surface area (Å²) in [6.07, 6.45) is 0.508. The molecule has 1 aromatic carbocycles. The Hall–Kier alpha value is -1.31. The van der Waals surface area contributed by atoms with Crippen molar-refractivity contribution in [3.63, 3.8) is 0 Å². The summed E-state index contributed by atoms with van der Waals surface area (Å²) in [6, 6.07) is 5.66. The molecule has 76 valence electrons. The van der Waals surface area contributed by atoms with E-state index >= 15 is 0 Å². The lowest BCUT2D eigenvalue weighted by atomic mass is 9.92. The fourth-order valence-corrected chi connectivity index (χ4v) is 1.57. The molecule has 0 atom stereocenters. The first kappa shape index (κ1) is 10.8. The zero-order valence-electron chi connectivity index (χ0n) is 9.00. The standard InChI is InChI=1S/C12H17NO/c1-4-11(14)12-9(8(2)3)6-5-7-10(12)13/h5-8H,4,13H2,1-3H3. The number of benzene rings is 1. The lowest BCUT2D eigenvalue weighted by molar-refractivity contribution is 0.0988. The van der Waals surface area contributed by atoms with Gasteiger partial charge in [-0.15, -0.1) is 0 Å². The molecule has 2 heteroatoms. The van der Waals surface area contributed by atoms with Gasteiger partial charge in [0.1, 0.15) is 0 Å². The van der Waals surface area contributed by atoms with Crippen LogP contribution in [0.2, 0.25) is 0 Å². The van der Waals surface area contributed by atoms with Crippen LogP contribution >= 0.6 is 0 Å². The molecule has 14 heavy (non-hydrogen) atoms. The van der Waals surface area contributed by atoms with E-state index in [4.69, 9.17) is 5.73 Å². The van der Waals surface area contributed by atoms with E-state index in [1.165, 1.54) is 0 Å². The third-order valence-corrected chi connectivity index (χ3v) is 2.35. The van der Waals surface area contributed by atoms with Crippen molar-refractivity contribution in [1.29, 1.82) is 0 Å². The van der Waals surface area contributed by atoms with Gasteiger partial charge in [-0.3, -0.25) is 4.79 Å². The Morgan fingerprint density at radius 2 is 2.07 bits per heavy atom. The molecule has 0 bridgehead atoms. The number of carbonyl (C=O) groups is 1. The Bertz CT molecular complexity index is 342. The number of Topliss-reactive ketones (excluding diaryl/α,β-unsaturated/α-hetero) is 1. The number of anilines is 1. The molecule has 0 heterocycles. The molecule has 0 aliphatic rings. The summed E-state index contributed by atoms with van der Waals surface area (Å²) < 4.78 is 0. The van der Waals surface area contributed by atoms with Crippen LogP contribution in [-0.4, -0.2) is 5.78 Å². The molecule has 0 fully saturated rings. The summed E-state index contributed by atoms with van der Waals surface area (Å²) in [7, 11) is 0. The number of hydrogen-bond acceptors (Lipinski definition) is 2. The van der Waals surface area contributed by atoms with E-state index in [1.54, 1.807) is 6.07 Å². The van der Waals surface area contributed by atoms with Crippen LogP contribution in [0.4, 0.5) is 5.69 Å². The van der Waals surface area contributed by atoms with E-state index in [1.807, 2.05) is 19.1 Å². The third-order valence-electron chi connectivity index (χ3n) is 2.35. The second kappa shape index (κ2) is 4.27. The lowest BCUT2D eigenvalue weighted by Gasteiger charge is -2.13. The molecule has 2 N–H and O–H groups in total. The van der Waals surface area contributed by atoms with Gasteiger partial charge in [0.2, 0.25) is 0 Å². The van der Waals surface area contributed by atoms with Crippen molar-refractivity contribution in [2.75, 3.05) is 5.73 Å². The highest BCUT2D eigenvalue weighted by Gasteiger charge is 2.14.